The van der Waals surface area contributed by atoms with Gasteiger partial charge in [-0.15, -0.1) is 0 Å². The Morgan fingerprint density at radius 2 is 2.09 bits per heavy atom. The van der Waals surface area contributed by atoms with E-state index in [2.05, 4.69) is 5.10 Å². The van der Waals surface area contributed by atoms with E-state index >= 15 is 0 Å². The maximum atomic E-state index is 12.8. The van der Waals surface area contributed by atoms with Gasteiger partial charge < -0.3 is 9.64 Å². The quantitative estimate of drug-likeness (QED) is 0.872. The van der Waals surface area contributed by atoms with Crippen LogP contribution in [0.5, 0.6) is 5.75 Å². The fourth-order valence-electron chi connectivity index (χ4n) is 3.10. The topological polar surface area (TPSA) is 47.4 Å². The van der Waals surface area contributed by atoms with Crippen molar-refractivity contribution in [2.24, 2.45) is 0 Å². The second kappa shape index (κ2) is 6.22. The first-order chi connectivity index (χ1) is 10.7. The van der Waals surface area contributed by atoms with E-state index in [-0.39, 0.29) is 11.9 Å². The zero-order chi connectivity index (χ0) is 15.5. The van der Waals surface area contributed by atoms with Crippen molar-refractivity contribution in [1.82, 2.24) is 14.7 Å². The summed E-state index contributed by atoms with van der Waals surface area (Å²) < 4.78 is 6.96. The van der Waals surface area contributed by atoms with Crippen molar-refractivity contribution < 1.29 is 9.53 Å². The van der Waals surface area contributed by atoms with Crippen LogP contribution in [0.15, 0.2) is 36.5 Å². The molecule has 5 heteroatoms. The standard InChI is InChI=1S/C17H21N3O2/c1-3-20-16(10-11-18-20)17(21)19-12-4-5-15(19)13-6-8-14(22-2)9-7-13/h6-11,15H,3-5,12H2,1-2H3/t15-/m1/s1. The number of likely N-dealkylation sites (tertiary alicyclic amines) is 1. The molecule has 0 radical (unpaired) electrons. The molecule has 1 aromatic heterocycles. The van der Waals surface area contributed by atoms with Gasteiger partial charge in [0.15, 0.2) is 0 Å². The molecule has 5 nitrogen and oxygen atoms in total. The normalized spacial score (nSPS) is 17.7. The van der Waals surface area contributed by atoms with E-state index in [0.717, 1.165) is 30.7 Å². The number of hydrogen-bond donors (Lipinski definition) is 0. The number of hydrogen-bond acceptors (Lipinski definition) is 3. The fourth-order valence-corrected chi connectivity index (χ4v) is 3.10. The van der Waals surface area contributed by atoms with Gasteiger partial charge in [-0.2, -0.15) is 5.10 Å². The second-order valence-corrected chi connectivity index (χ2v) is 5.46. The highest BCUT2D eigenvalue weighted by molar-refractivity contribution is 5.93. The molecule has 1 aliphatic heterocycles. The van der Waals surface area contributed by atoms with Gasteiger partial charge in [0.05, 0.1) is 13.2 Å². The maximum Gasteiger partial charge on any atom is 0.272 e. The summed E-state index contributed by atoms with van der Waals surface area (Å²) in [7, 11) is 1.66. The van der Waals surface area contributed by atoms with Crippen LogP contribution in [-0.4, -0.2) is 34.2 Å². The molecule has 1 atom stereocenters. The summed E-state index contributed by atoms with van der Waals surface area (Å²) >= 11 is 0. The van der Waals surface area contributed by atoms with Crippen molar-refractivity contribution in [3.05, 3.63) is 47.8 Å². The summed E-state index contributed by atoms with van der Waals surface area (Å²) in [5.41, 5.74) is 1.83. The van der Waals surface area contributed by atoms with Crippen molar-refractivity contribution >= 4 is 5.91 Å². The lowest BCUT2D eigenvalue weighted by atomic mass is 10.0. The van der Waals surface area contributed by atoms with Crippen LogP contribution < -0.4 is 4.74 Å². The van der Waals surface area contributed by atoms with Crippen LogP contribution >= 0.6 is 0 Å². The number of carbonyl (C=O) groups is 1. The van der Waals surface area contributed by atoms with E-state index in [1.807, 2.05) is 36.1 Å². The lowest BCUT2D eigenvalue weighted by Gasteiger charge is -2.25. The SMILES string of the molecule is CCn1nccc1C(=O)N1CCC[C@@H]1c1ccc(OC)cc1. The zero-order valence-electron chi connectivity index (χ0n) is 13.0. The summed E-state index contributed by atoms with van der Waals surface area (Å²) in [5.74, 6) is 0.904. The maximum absolute atomic E-state index is 12.8. The van der Waals surface area contributed by atoms with E-state index in [9.17, 15) is 4.79 Å². The Morgan fingerprint density at radius 1 is 1.32 bits per heavy atom. The smallest absolute Gasteiger partial charge is 0.272 e. The fraction of sp³-hybridized carbons (Fsp3) is 0.412. The minimum absolute atomic E-state index is 0.0673. The Hall–Kier alpha value is -2.30. The first kappa shape index (κ1) is 14.6. The molecule has 0 unspecified atom stereocenters. The van der Waals surface area contributed by atoms with E-state index < -0.39 is 0 Å². The largest absolute Gasteiger partial charge is 0.497 e. The highest BCUT2D eigenvalue weighted by atomic mass is 16.5. The summed E-state index contributed by atoms with van der Waals surface area (Å²) in [5, 5.41) is 4.20. The average Bonchev–Trinajstić information content (AvgIpc) is 3.23. The van der Waals surface area contributed by atoms with E-state index in [0.29, 0.717) is 12.2 Å². The molecule has 0 N–H and O–H groups in total. The molecular formula is C17H21N3O2. The lowest BCUT2D eigenvalue weighted by molar-refractivity contribution is 0.0723. The molecule has 1 aliphatic rings. The Kier molecular flexibility index (Phi) is 4.13. The number of aryl methyl sites for hydroxylation is 1. The molecule has 0 spiro atoms. The number of carbonyl (C=O) groups excluding carboxylic acids is 1. The summed E-state index contributed by atoms with van der Waals surface area (Å²) in [6, 6.07) is 9.94. The molecule has 2 heterocycles. The molecule has 0 saturated carbocycles. The van der Waals surface area contributed by atoms with Gasteiger partial charge in [-0.25, -0.2) is 0 Å². The highest BCUT2D eigenvalue weighted by Crippen LogP contribution is 2.33. The van der Waals surface area contributed by atoms with Crippen molar-refractivity contribution in [2.45, 2.75) is 32.4 Å². The summed E-state index contributed by atoms with van der Waals surface area (Å²) in [6.45, 7) is 3.49. The zero-order valence-corrected chi connectivity index (χ0v) is 13.0. The molecule has 22 heavy (non-hydrogen) atoms. The average molecular weight is 299 g/mol. The van der Waals surface area contributed by atoms with E-state index in [4.69, 9.17) is 4.74 Å². The van der Waals surface area contributed by atoms with Crippen molar-refractivity contribution in [1.29, 1.82) is 0 Å². The third-order valence-electron chi connectivity index (χ3n) is 4.25. The van der Waals surface area contributed by atoms with Crippen molar-refractivity contribution in [3.63, 3.8) is 0 Å². The van der Waals surface area contributed by atoms with Crippen LogP contribution in [0.1, 0.15) is 41.9 Å². The number of ether oxygens (including phenoxy) is 1. The number of methoxy groups -OCH3 is 1. The first-order valence-electron chi connectivity index (χ1n) is 7.71. The molecule has 1 amide bonds. The lowest BCUT2D eigenvalue weighted by Crippen LogP contribution is -2.32. The predicted octanol–water partition coefficient (Wildman–Crippen LogP) is 2.89. The minimum atomic E-state index is 0.0673. The molecular weight excluding hydrogens is 278 g/mol. The van der Waals surface area contributed by atoms with E-state index in [1.54, 1.807) is 24.1 Å². The van der Waals surface area contributed by atoms with Crippen LogP contribution in [0.4, 0.5) is 0 Å². The van der Waals surface area contributed by atoms with Gasteiger partial charge in [0.1, 0.15) is 11.4 Å². The van der Waals surface area contributed by atoms with Gasteiger partial charge >= 0.3 is 0 Å². The Morgan fingerprint density at radius 3 is 2.77 bits per heavy atom. The monoisotopic (exact) mass is 299 g/mol. The summed E-state index contributed by atoms with van der Waals surface area (Å²) in [6.07, 6.45) is 3.72. The van der Waals surface area contributed by atoms with Crippen molar-refractivity contribution in [2.75, 3.05) is 13.7 Å². The van der Waals surface area contributed by atoms with E-state index in [1.165, 1.54) is 0 Å². The molecule has 1 aromatic carbocycles. The second-order valence-electron chi connectivity index (χ2n) is 5.46. The molecule has 116 valence electrons. The van der Waals surface area contributed by atoms with Crippen LogP contribution in [0.3, 0.4) is 0 Å². The van der Waals surface area contributed by atoms with Crippen LogP contribution in [-0.2, 0) is 6.54 Å². The number of rotatable bonds is 4. The molecule has 0 aliphatic carbocycles. The molecule has 1 saturated heterocycles. The third kappa shape index (κ3) is 2.58. The van der Waals surface area contributed by atoms with Gasteiger partial charge in [-0.1, -0.05) is 12.1 Å². The Bertz CT molecular complexity index is 648. The predicted molar refractivity (Wildman–Crippen MR) is 83.9 cm³/mol. The van der Waals surface area contributed by atoms with Crippen molar-refractivity contribution in [3.8, 4) is 5.75 Å². The van der Waals surface area contributed by atoms with Gasteiger partial charge in [0.2, 0.25) is 0 Å². The van der Waals surface area contributed by atoms with Crippen LogP contribution in [0.2, 0.25) is 0 Å². The molecule has 1 fully saturated rings. The highest BCUT2D eigenvalue weighted by Gasteiger charge is 2.31. The first-order valence-corrected chi connectivity index (χ1v) is 7.71. The van der Waals surface area contributed by atoms with Crippen LogP contribution in [0.25, 0.3) is 0 Å². The third-order valence-corrected chi connectivity index (χ3v) is 4.25. The van der Waals surface area contributed by atoms with Gasteiger partial charge in [-0.05, 0) is 43.5 Å². The molecule has 2 aromatic rings. The number of benzene rings is 1. The number of amides is 1. The van der Waals surface area contributed by atoms with Gasteiger partial charge in [0, 0.05) is 19.3 Å². The Balaban J connectivity index is 1.84. The van der Waals surface area contributed by atoms with Gasteiger partial charge in [0.25, 0.3) is 5.91 Å². The summed E-state index contributed by atoms with van der Waals surface area (Å²) in [4.78, 5) is 14.8. The molecule has 3 rings (SSSR count). The Labute approximate surface area is 130 Å². The van der Waals surface area contributed by atoms with Crippen LogP contribution in [0, 0.1) is 0 Å². The number of aromatic nitrogens is 2. The number of nitrogens with zero attached hydrogens (tertiary/aromatic N) is 3. The minimum Gasteiger partial charge on any atom is -0.497 e. The van der Waals surface area contributed by atoms with Gasteiger partial charge in [-0.3, -0.25) is 9.48 Å². The molecule has 0 bridgehead atoms.